The first-order chi connectivity index (χ1) is 11.6. The van der Waals surface area contributed by atoms with Crippen molar-refractivity contribution in [2.75, 3.05) is 26.2 Å². The van der Waals surface area contributed by atoms with Crippen LogP contribution in [-0.4, -0.2) is 38.0 Å². The van der Waals surface area contributed by atoms with Gasteiger partial charge < -0.3 is 16.0 Å². The van der Waals surface area contributed by atoms with Crippen LogP contribution >= 0.6 is 24.0 Å². The Hall–Kier alpha value is -1.38. The Morgan fingerprint density at radius 2 is 1.92 bits per heavy atom. The lowest BCUT2D eigenvalue weighted by Crippen LogP contribution is -2.38. The predicted molar refractivity (Wildman–Crippen MR) is 112 cm³/mol. The zero-order valence-electron chi connectivity index (χ0n) is 15.3. The number of hydrogen-bond donors (Lipinski definition) is 3. The number of rotatable bonds is 9. The zero-order valence-corrected chi connectivity index (χ0v) is 17.7. The van der Waals surface area contributed by atoms with Crippen LogP contribution in [0.15, 0.2) is 23.2 Å². The van der Waals surface area contributed by atoms with Crippen LogP contribution < -0.4 is 16.0 Å². The van der Waals surface area contributed by atoms with Gasteiger partial charge in [-0.15, -0.1) is 24.0 Å². The molecule has 0 unspecified atom stereocenters. The molecule has 1 amide bonds. The van der Waals surface area contributed by atoms with E-state index in [1.54, 1.807) is 6.07 Å². The summed E-state index contributed by atoms with van der Waals surface area (Å²) < 4.78 is 13.1. The van der Waals surface area contributed by atoms with Gasteiger partial charge in [-0.3, -0.25) is 9.79 Å². The summed E-state index contributed by atoms with van der Waals surface area (Å²) in [5.74, 6) is 0.513. The minimum Gasteiger partial charge on any atom is -0.357 e. The minimum atomic E-state index is -0.208. The Labute approximate surface area is 167 Å². The summed E-state index contributed by atoms with van der Waals surface area (Å²) in [5.41, 5.74) is 2.06. The van der Waals surface area contributed by atoms with Gasteiger partial charge in [-0.25, -0.2) is 4.39 Å². The van der Waals surface area contributed by atoms with E-state index < -0.39 is 0 Å². The van der Waals surface area contributed by atoms with Crippen LogP contribution in [0.25, 0.3) is 0 Å². The topological polar surface area (TPSA) is 65.5 Å². The standard InChI is InChI=1S/C18H29FN4O.HI/c1-4-10-21-17(24)9-12-23-18(20-5-2)22-11-8-15-6-7-16(19)13-14(15)3;/h6-7,13H,4-5,8-12H2,1-3H3,(H,21,24)(H2,20,22,23);1H. The summed E-state index contributed by atoms with van der Waals surface area (Å²) in [6.07, 6.45) is 2.10. The van der Waals surface area contributed by atoms with E-state index in [2.05, 4.69) is 20.9 Å². The van der Waals surface area contributed by atoms with Crippen LogP contribution in [-0.2, 0) is 11.2 Å². The van der Waals surface area contributed by atoms with Crippen LogP contribution in [0.5, 0.6) is 0 Å². The first-order valence-corrected chi connectivity index (χ1v) is 8.60. The number of aryl methyl sites for hydroxylation is 1. The van der Waals surface area contributed by atoms with E-state index >= 15 is 0 Å². The lowest BCUT2D eigenvalue weighted by atomic mass is 10.1. The summed E-state index contributed by atoms with van der Waals surface area (Å²) in [6, 6.07) is 4.84. The maximum Gasteiger partial charge on any atom is 0.221 e. The summed E-state index contributed by atoms with van der Waals surface area (Å²) in [4.78, 5) is 16.0. The lowest BCUT2D eigenvalue weighted by molar-refractivity contribution is -0.120. The molecule has 3 N–H and O–H groups in total. The fourth-order valence-electron chi connectivity index (χ4n) is 2.22. The molecule has 1 rings (SSSR count). The summed E-state index contributed by atoms with van der Waals surface area (Å²) >= 11 is 0. The van der Waals surface area contributed by atoms with Gasteiger partial charge in [-0.2, -0.15) is 0 Å². The third-order valence-corrected chi connectivity index (χ3v) is 3.52. The summed E-state index contributed by atoms with van der Waals surface area (Å²) in [7, 11) is 0. The number of nitrogens with zero attached hydrogens (tertiary/aromatic N) is 1. The van der Waals surface area contributed by atoms with Gasteiger partial charge in [0.1, 0.15) is 5.82 Å². The molecule has 0 aliphatic heterocycles. The number of benzene rings is 1. The van der Waals surface area contributed by atoms with Crippen molar-refractivity contribution in [3.63, 3.8) is 0 Å². The fraction of sp³-hybridized carbons (Fsp3) is 0.556. The zero-order chi connectivity index (χ0) is 17.8. The van der Waals surface area contributed by atoms with E-state index in [1.165, 1.54) is 6.07 Å². The summed E-state index contributed by atoms with van der Waals surface area (Å²) in [6.45, 7) is 8.53. The van der Waals surface area contributed by atoms with Gasteiger partial charge in [0, 0.05) is 26.1 Å². The molecule has 0 fully saturated rings. The number of hydrogen-bond acceptors (Lipinski definition) is 2. The van der Waals surface area contributed by atoms with E-state index in [0.29, 0.717) is 32.0 Å². The largest absolute Gasteiger partial charge is 0.357 e. The van der Waals surface area contributed by atoms with Crippen LogP contribution in [0.1, 0.15) is 37.8 Å². The van der Waals surface area contributed by atoms with Crippen LogP contribution in [0.3, 0.4) is 0 Å². The van der Waals surface area contributed by atoms with Gasteiger partial charge >= 0.3 is 0 Å². The highest BCUT2D eigenvalue weighted by Crippen LogP contribution is 2.10. The van der Waals surface area contributed by atoms with Gasteiger partial charge in [0.15, 0.2) is 5.96 Å². The van der Waals surface area contributed by atoms with Crippen molar-refractivity contribution >= 4 is 35.8 Å². The Morgan fingerprint density at radius 3 is 2.56 bits per heavy atom. The van der Waals surface area contributed by atoms with Crippen molar-refractivity contribution in [1.29, 1.82) is 0 Å². The smallest absolute Gasteiger partial charge is 0.221 e. The second-order valence-corrected chi connectivity index (χ2v) is 5.61. The molecule has 0 bridgehead atoms. The molecule has 0 aliphatic carbocycles. The molecule has 0 saturated heterocycles. The van der Waals surface area contributed by atoms with E-state index in [9.17, 15) is 9.18 Å². The lowest BCUT2D eigenvalue weighted by Gasteiger charge is -2.12. The molecule has 5 nitrogen and oxygen atoms in total. The SMILES string of the molecule is CCCNC(=O)CCN=C(NCC)NCCc1ccc(F)cc1C.I. The number of carbonyl (C=O) groups is 1. The molecule has 0 radical (unpaired) electrons. The molecule has 0 aliphatic rings. The number of guanidine groups is 1. The van der Waals surface area contributed by atoms with Gasteiger partial charge in [0.25, 0.3) is 0 Å². The van der Waals surface area contributed by atoms with Gasteiger partial charge in [-0.1, -0.05) is 13.0 Å². The fourth-order valence-corrected chi connectivity index (χ4v) is 2.22. The average molecular weight is 464 g/mol. The maximum atomic E-state index is 13.1. The molecule has 1 aromatic rings. The highest BCUT2D eigenvalue weighted by Gasteiger charge is 2.03. The Bertz CT molecular complexity index is 552. The van der Waals surface area contributed by atoms with Crippen molar-refractivity contribution in [2.24, 2.45) is 4.99 Å². The first-order valence-electron chi connectivity index (χ1n) is 8.60. The van der Waals surface area contributed by atoms with Crippen molar-refractivity contribution in [1.82, 2.24) is 16.0 Å². The van der Waals surface area contributed by atoms with Gasteiger partial charge in [0.2, 0.25) is 5.91 Å². The third-order valence-electron chi connectivity index (χ3n) is 3.52. The molecule has 0 heterocycles. The third kappa shape index (κ3) is 10.3. The number of carbonyl (C=O) groups excluding carboxylic acids is 1. The molecular weight excluding hydrogens is 434 g/mol. The van der Waals surface area contributed by atoms with E-state index in [0.717, 1.165) is 30.5 Å². The van der Waals surface area contributed by atoms with Crippen LogP contribution in [0.2, 0.25) is 0 Å². The Balaban J connectivity index is 0.00000576. The predicted octanol–water partition coefficient (Wildman–Crippen LogP) is 2.77. The van der Waals surface area contributed by atoms with Crippen molar-refractivity contribution in [3.8, 4) is 0 Å². The second-order valence-electron chi connectivity index (χ2n) is 5.61. The van der Waals surface area contributed by atoms with Crippen molar-refractivity contribution in [2.45, 2.75) is 40.0 Å². The molecule has 0 aromatic heterocycles. The summed E-state index contributed by atoms with van der Waals surface area (Å²) in [5, 5.41) is 9.23. The number of nitrogens with one attached hydrogen (secondary N) is 3. The Morgan fingerprint density at radius 1 is 1.16 bits per heavy atom. The van der Waals surface area contributed by atoms with E-state index in [4.69, 9.17) is 0 Å². The van der Waals surface area contributed by atoms with Crippen LogP contribution in [0.4, 0.5) is 4.39 Å². The highest BCUT2D eigenvalue weighted by molar-refractivity contribution is 14.0. The number of amides is 1. The molecule has 0 saturated carbocycles. The quantitative estimate of drug-likeness (QED) is 0.299. The van der Waals surface area contributed by atoms with Crippen molar-refractivity contribution in [3.05, 3.63) is 35.1 Å². The average Bonchev–Trinajstić information content (AvgIpc) is 2.55. The molecule has 142 valence electrons. The number of aliphatic imine (C=N–C) groups is 1. The van der Waals surface area contributed by atoms with E-state index in [-0.39, 0.29) is 35.7 Å². The van der Waals surface area contributed by atoms with E-state index in [1.807, 2.05) is 26.8 Å². The monoisotopic (exact) mass is 464 g/mol. The Kier molecular flexibility index (Phi) is 13.1. The van der Waals surface area contributed by atoms with Gasteiger partial charge in [0.05, 0.1) is 6.54 Å². The van der Waals surface area contributed by atoms with Crippen molar-refractivity contribution < 1.29 is 9.18 Å². The molecule has 1 aromatic carbocycles. The highest BCUT2D eigenvalue weighted by atomic mass is 127. The minimum absolute atomic E-state index is 0. The molecule has 0 atom stereocenters. The molecular formula is C18H30FIN4O. The molecule has 0 spiro atoms. The first kappa shape index (κ1) is 23.6. The maximum absolute atomic E-state index is 13.1. The number of halogens is 2. The molecule has 7 heteroatoms. The molecule has 25 heavy (non-hydrogen) atoms. The normalized spacial score (nSPS) is 10.8. The van der Waals surface area contributed by atoms with Crippen LogP contribution in [0, 0.1) is 12.7 Å². The second kappa shape index (κ2) is 13.9. The van der Waals surface area contributed by atoms with Gasteiger partial charge in [-0.05, 0) is 49.9 Å².